The Morgan fingerprint density at radius 2 is 1.95 bits per heavy atom. The van der Waals surface area contributed by atoms with Crippen molar-refractivity contribution >= 4 is 38.7 Å². The Hall–Kier alpha value is -1.27. The van der Waals surface area contributed by atoms with Crippen molar-refractivity contribution in [3.63, 3.8) is 0 Å². The molecule has 7 heteroatoms. The quantitative estimate of drug-likeness (QED) is 0.784. The van der Waals surface area contributed by atoms with E-state index in [1.165, 1.54) is 6.07 Å². The van der Waals surface area contributed by atoms with Gasteiger partial charge in [-0.3, -0.25) is 4.79 Å². The minimum atomic E-state index is -3.28. The van der Waals surface area contributed by atoms with Gasteiger partial charge in [0, 0.05) is 11.4 Å². The molecule has 3 N–H and O–H groups in total. The van der Waals surface area contributed by atoms with Crippen LogP contribution < -0.4 is 11.1 Å². The van der Waals surface area contributed by atoms with Crippen molar-refractivity contribution in [3.05, 3.63) is 23.2 Å². The van der Waals surface area contributed by atoms with Gasteiger partial charge in [-0.1, -0.05) is 25.4 Å². The molecule has 0 aliphatic heterocycles. The van der Waals surface area contributed by atoms with Crippen LogP contribution in [0.25, 0.3) is 0 Å². The van der Waals surface area contributed by atoms with Gasteiger partial charge in [0.2, 0.25) is 5.91 Å². The van der Waals surface area contributed by atoms with E-state index in [-0.39, 0.29) is 18.1 Å². The van der Waals surface area contributed by atoms with Crippen LogP contribution in [0.5, 0.6) is 0 Å². The summed E-state index contributed by atoms with van der Waals surface area (Å²) in [5.74, 6) is -0.566. The van der Waals surface area contributed by atoms with E-state index in [2.05, 4.69) is 5.32 Å². The van der Waals surface area contributed by atoms with Crippen molar-refractivity contribution in [3.8, 4) is 0 Å². The highest BCUT2D eigenvalue weighted by Crippen LogP contribution is 2.23. The number of nitrogens with two attached hydrogens (primary N) is 1. The molecule has 0 radical (unpaired) electrons. The van der Waals surface area contributed by atoms with E-state index in [9.17, 15) is 13.2 Å². The molecule has 5 nitrogen and oxygen atoms in total. The van der Waals surface area contributed by atoms with Gasteiger partial charge in [0.25, 0.3) is 0 Å². The van der Waals surface area contributed by atoms with E-state index in [1.807, 2.05) is 13.8 Å². The first-order valence-electron chi connectivity index (χ1n) is 6.70. The molecule has 0 heterocycles. The molecule has 1 rings (SSSR count). The van der Waals surface area contributed by atoms with Crippen LogP contribution in [0.3, 0.4) is 0 Å². The molecule has 1 amide bonds. The van der Waals surface area contributed by atoms with Gasteiger partial charge in [0.1, 0.15) is 0 Å². The Kier molecular flexibility index (Phi) is 6.04. The molecule has 0 saturated heterocycles. The number of hydrogen-bond donors (Lipinski definition) is 2. The van der Waals surface area contributed by atoms with E-state index in [4.69, 9.17) is 17.3 Å². The van der Waals surface area contributed by atoms with Crippen molar-refractivity contribution in [2.45, 2.75) is 32.4 Å². The minimum Gasteiger partial charge on any atom is -0.397 e. The molecular weight excluding hydrogens is 312 g/mol. The number of carbonyl (C=O) groups excluding carboxylic acids is 1. The van der Waals surface area contributed by atoms with Crippen LogP contribution in [0.2, 0.25) is 5.02 Å². The maximum Gasteiger partial charge on any atom is 0.225 e. The topological polar surface area (TPSA) is 89.3 Å². The van der Waals surface area contributed by atoms with E-state index >= 15 is 0 Å². The van der Waals surface area contributed by atoms with Gasteiger partial charge in [0.05, 0.1) is 22.4 Å². The molecule has 0 saturated carbocycles. The van der Waals surface area contributed by atoms with Gasteiger partial charge in [-0.2, -0.15) is 0 Å². The monoisotopic (exact) mass is 332 g/mol. The second kappa shape index (κ2) is 7.13. The summed E-state index contributed by atoms with van der Waals surface area (Å²) in [6, 6.07) is 4.72. The molecule has 1 atom stereocenters. The minimum absolute atomic E-state index is 0.0154. The maximum absolute atomic E-state index is 12.0. The molecule has 0 aliphatic carbocycles. The van der Waals surface area contributed by atoms with Gasteiger partial charge < -0.3 is 11.1 Å². The third kappa shape index (κ3) is 5.21. The van der Waals surface area contributed by atoms with E-state index < -0.39 is 21.0 Å². The van der Waals surface area contributed by atoms with Gasteiger partial charge >= 0.3 is 0 Å². The highest BCUT2D eigenvalue weighted by Gasteiger charge is 2.24. The van der Waals surface area contributed by atoms with Crippen LogP contribution in [0.4, 0.5) is 11.4 Å². The summed E-state index contributed by atoms with van der Waals surface area (Å²) in [5, 5.41) is 2.55. The summed E-state index contributed by atoms with van der Waals surface area (Å²) in [7, 11) is -3.28. The average molecular weight is 333 g/mol. The second-order valence-corrected chi connectivity index (χ2v) is 8.26. The zero-order valence-electron chi connectivity index (χ0n) is 12.4. The third-order valence-electron chi connectivity index (χ3n) is 3.41. The number of halogens is 1. The second-order valence-electron chi connectivity index (χ2n) is 5.35. The number of anilines is 2. The lowest BCUT2D eigenvalue weighted by atomic mass is 10.2. The summed E-state index contributed by atoms with van der Waals surface area (Å²) in [6.07, 6.45) is -0.106. The van der Waals surface area contributed by atoms with E-state index in [0.717, 1.165) is 0 Å². The van der Waals surface area contributed by atoms with Crippen molar-refractivity contribution in [2.75, 3.05) is 16.8 Å². The average Bonchev–Trinajstić information content (AvgIpc) is 2.39. The number of carbonyl (C=O) groups is 1. The molecule has 0 fully saturated rings. The molecule has 1 aromatic rings. The molecular formula is C14H21ClN2O3S. The van der Waals surface area contributed by atoms with E-state index in [0.29, 0.717) is 16.4 Å². The molecule has 0 spiro atoms. The first-order valence-corrected chi connectivity index (χ1v) is 8.79. The van der Waals surface area contributed by atoms with Gasteiger partial charge in [-0.15, -0.1) is 0 Å². The molecule has 0 aliphatic rings. The zero-order valence-corrected chi connectivity index (χ0v) is 14.0. The fourth-order valence-electron chi connectivity index (χ4n) is 1.68. The summed E-state index contributed by atoms with van der Waals surface area (Å²) in [5.41, 5.74) is 6.49. The number of nitrogens with one attached hydrogen (secondary N) is 1. The molecule has 0 aromatic heterocycles. The fourth-order valence-corrected chi connectivity index (χ4v) is 3.53. The largest absolute Gasteiger partial charge is 0.397 e. The smallest absolute Gasteiger partial charge is 0.225 e. The molecule has 0 bridgehead atoms. The van der Waals surface area contributed by atoms with Crippen LogP contribution in [-0.4, -0.2) is 25.3 Å². The summed E-state index contributed by atoms with van der Waals surface area (Å²) in [4.78, 5) is 11.8. The zero-order chi connectivity index (χ0) is 16.2. The molecule has 1 aromatic carbocycles. The lowest BCUT2D eigenvalue weighted by Gasteiger charge is -2.16. The summed E-state index contributed by atoms with van der Waals surface area (Å²) in [6.45, 7) is 5.34. The van der Waals surface area contributed by atoms with Crippen molar-refractivity contribution in [1.82, 2.24) is 0 Å². The SMILES string of the molecule is CC(C)C(C)S(=O)(=O)CCC(=O)Nc1cc(Cl)ccc1N. The highest BCUT2D eigenvalue weighted by molar-refractivity contribution is 7.92. The molecule has 21 heavy (non-hydrogen) atoms. The normalized spacial score (nSPS) is 13.2. The van der Waals surface area contributed by atoms with Crippen molar-refractivity contribution in [2.24, 2.45) is 5.92 Å². The first-order chi connectivity index (χ1) is 9.63. The van der Waals surface area contributed by atoms with Gasteiger partial charge in [0.15, 0.2) is 9.84 Å². The fraction of sp³-hybridized carbons (Fsp3) is 0.500. The number of hydrogen-bond acceptors (Lipinski definition) is 4. The van der Waals surface area contributed by atoms with Crippen LogP contribution in [0.15, 0.2) is 18.2 Å². The van der Waals surface area contributed by atoms with Crippen LogP contribution >= 0.6 is 11.6 Å². The van der Waals surface area contributed by atoms with Crippen LogP contribution in [-0.2, 0) is 14.6 Å². The van der Waals surface area contributed by atoms with E-state index in [1.54, 1.807) is 19.1 Å². The third-order valence-corrected chi connectivity index (χ3v) is 6.09. The summed E-state index contributed by atoms with van der Waals surface area (Å²) < 4.78 is 24.0. The standard InChI is InChI=1S/C14H21ClN2O3S/c1-9(2)10(3)21(19,20)7-6-14(18)17-13-8-11(15)4-5-12(13)16/h4-5,8-10H,6-7,16H2,1-3H3,(H,17,18). The lowest BCUT2D eigenvalue weighted by molar-refractivity contribution is -0.115. The number of rotatable bonds is 6. The molecule has 118 valence electrons. The van der Waals surface area contributed by atoms with Gasteiger partial charge in [-0.25, -0.2) is 8.42 Å². The molecule has 1 unspecified atom stereocenters. The van der Waals surface area contributed by atoms with Crippen molar-refractivity contribution < 1.29 is 13.2 Å². The Bertz CT molecular complexity index is 615. The Morgan fingerprint density at radius 1 is 1.33 bits per heavy atom. The van der Waals surface area contributed by atoms with Crippen molar-refractivity contribution in [1.29, 1.82) is 0 Å². The number of sulfone groups is 1. The maximum atomic E-state index is 12.0. The van der Waals surface area contributed by atoms with Crippen LogP contribution in [0.1, 0.15) is 27.2 Å². The Morgan fingerprint density at radius 3 is 2.52 bits per heavy atom. The number of amides is 1. The number of benzene rings is 1. The predicted octanol–water partition coefficient (Wildman–Crippen LogP) is 2.71. The first kappa shape index (κ1) is 17.8. The lowest BCUT2D eigenvalue weighted by Crippen LogP contribution is -2.28. The Balaban J connectivity index is 2.65. The van der Waals surface area contributed by atoms with Gasteiger partial charge in [-0.05, 0) is 31.0 Å². The van der Waals surface area contributed by atoms with Crippen LogP contribution in [0, 0.1) is 5.92 Å². The highest BCUT2D eigenvalue weighted by atomic mass is 35.5. The summed E-state index contributed by atoms with van der Waals surface area (Å²) >= 11 is 5.82. The Labute approximate surface area is 130 Å². The number of nitrogen functional groups attached to an aromatic ring is 1. The predicted molar refractivity (Wildman–Crippen MR) is 87.2 cm³/mol.